The first-order chi connectivity index (χ1) is 11.0. The van der Waals surface area contributed by atoms with E-state index in [0.717, 1.165) is 24.3 Å². The smallest absolute Gasteiger partial charge is 0.254 e. The molecule has 0 saturated heterocycles. The maximum Gasteiger partial charge on any atom is 0.254 e. The molecule has 2 aromatic rings. The molecule has 0 bridgehead atoms. The van der Waals surface area contributed by atoms with Gasteiger partial charge in [0.15, 0.2) is 0 Å². The Balaban J connectivity index is 2.24. The Bertz CT molecular complexity index is 649. The summed E-state index contributed by atoms with van der Waals surface area (Å²) in [5.74, 6) is 0.0938. The van der Waals surface area contributed by atoms with Crippen LogP contribution in [0.5, 0.6) is 0 Å². The molecule has 0 aliphatic rings. The maximum atomic E-state index is 12.4. The van der Waals surface area contributed by atoms with Gasteiger partial charge in [-0.1, -0.05) is 25.4 Å². The summed E-state index contributed by atoms with van der Waals surface area (Å²) in [6, 6.07) is 7.44. The molecule has 1 aromatic heterocycles. The Morgan fingerprint density at radius 2 is 1.96 bits per heavy atom. The fraction of sp³-hybridized carbons (Fsp3) is 0.412. The first-order valence-electron chi connectivity index (χ1n) is 7.81. The minimum absolute atomic E-state index is 0.0787. The van der Waals surface area contributed by atoms with Crippen molar-refractivity contribution in [1.29, 1.82) is 0 Å². The van der Waals surface area contributed by atoms with E-state index in [-0.39, 0.29) is 11.8 Å². The lowest BCUT2D eigenvalue weighted by molar-refractivity contribution is 0.0952. The molecule has 1 amide bonds. The molecule has 6 heteroatoms. The lowest BCUT2D eigenvalue weighted by Gasteiger charge is -2.13. The van der Waals surface area contributed by atoms with Crippen LogP contribution in [0.3, 0.4) is 0 Å². The highest BCUT2D eigenvalue weighted by Crippen LogP contribution is 2.23. The predicted octanol–water partition coefficient (Wildman–Crippen LogP) is 2.99. The van der Waals surface area contributed by atoms with Gasteiger partial charge in [-0.15, -0.1) is 0 Å². The normalized spacial score (nSPS) is 11.0. The summed E-state index contributed by atoms with van der Waals surface area (Å²) in [5, 5.41) is 11.1. The second-order valence-electron chi connectivity index (χ2n) is 5.70. The van der Waals surface area contributed by atoms with E-state index >= 15 is 0 Å². The number of hydrogen-bond acceptors (Lipinski definition) is 3. The Morgan fingerprint density at radius 3 is 2.57 bits per heavy atom. The van der Waals surface area contributed by atoms with E-state index in [1.807, 2.05) is 36.0 Å². The molecule has 0 atom stereocenters. The summed E-state index contributed by atoms with van der Waals surface area (Å²) in [4.78, 5) is 12.4. The van der Waals surface area contributed by atoms with Gasteiger partial charge in [0.25, 0.3) is 5.91 Å². The lowest BCUT2D eigenvalue weighted by atomic mass is 10.0. The second-order valence-corrected chi connectivity index (χ2v) is 6.14. The topological polar surface area (TPSA) is 58.9 Å². The number of carbonyl (C=O) groups is 1. The maximum absolute atomic E-state index is 12.4. The van der Waals surface area contributed by atoms with E-state index in [1.165, 1.54) is 0 Å². The molecular weight excluding hydrogens is 312 g/mol. The van der Waals surface area contributed by atoms with Gasteiger partial charge in [-0.05, 0) is 50.2 Å². The van der Waals surface area contributed by atoms with E-state index in [1.54, 1.807) is 6.20 Å². The fourth-order valence-corrected chi connectivity index (χ4v) is 2.56. The summed E-state index contributed by atoms with van der Waals surface area (Å²) in [6.45, 7) is 5.63. The number of carbonyl (C=O) groups excluding carboxylic acids is 1. The first-order valence-corrected chi connectivity index (χ1v) is 8.19. The van der Waals surface area contributed by atoms with Crippen molar-refractivity contribution in [2.75, 3.05) is 20.1 Å². The van der Waals surface area contributed by atoms with Crippen LogP contribution in [0.2, 0.25) is 5.02 Å². The number of amides is 1. The van der Waals surface area contributed by atoms with E-state index in [9.17, 15) is 4.79 Å². The number of benzene rings is 1. The van der Waals surface area contributed by atoms with Crippen LogP contribution in [0.25, 0.3) is 5.69 Å². The van der Waals surface area contributed by atoms with Crippen LogP contribution >= 0.6 is 11.6 Å². The number of hydrogen-bond donors (Lipinski definition) is 2. The van der Waals surface area contributed by atoms with Crippen LogP contribution in [0.15, 0.2) is 30.5 Å². The third-order valence-corrected chi connectivity index (χ3v) is 3.81. The van der Waals surface area contributed by atoms with Gasteiger partial charge in [-0.2, -0.15) is 5.10 Å². The van der Waals surface area contributed by atoms with Gasteiger partial charge in [0.05, 0.1) is 23.1 Å². The molecule has 0 aliphatic carbocycles. The van der Waals surface area contributed by atoms with Crippen LogP contribution in [-0.2, 0) is 0 Å². The Hall–Kier alpha value is -1.85. The SMILES string of the molecule is CNCCCNC(=O)c1cnn(-c2ccc(Cl)cc2)c1C(C)C. The highest BCUT2D eigenvalue weighted by atomic mass is 35.5. The van der Waals surface area contributed by atoms with E-state index in [2.05, 4.69) is 29.6 Å². The highest BCUT2D eigenvalue weighted by Gasteiger charge is 2.20. The fourth-order valence-electron chi connectivity index (χ4n) is 2.44. The van der Waals surface area contributed by atoms with E-state index in [4.69, 9.17) is 11.6 Å². The van der Waals surface area contributed by atoms with Crippen molar-refractivity contribution in [1.82, 2.24) is 20.4 Å². The van der Waals surface area contributed by atoms with Crippen molar-refractivity contribution in [2.24, 2.45) is 0 Å². The van der Waals surface area contributed by atoms with Crippen LogP contribution < -0.4 is 10.6 Å². The van der Waals surface area contributed by atoms with Gasteiger partial charge >= 0.3 is 0 Å². The summed E-state index contributed by atoms with van der Waals surface area (Å²) in [6.07, 6.45) is 2.53. The van der Waals surface area contributed by atoms with Gasteiger partial charge in [-0.25, -0.2) is 4.68 Å². The van der Waals surface area contributed by atoms with Gasteiger partial charge in [-0.3, -0.25) is 4.79 Å². The largest absolute Gasteiger partial charge is 0.352 e. The Morgan fingerprint density at radius 1 is 1.26 bits per heavy atom. The van der Waals surface area contributed by atoms with Crippen molar-refractivity contribution >= 4 is 17.5 Å². The zero-order chi connectivity index (χ0) is 16.8. The Kier molecular flexibility index (Phi) is 6.19. The molecule has 23 heavy (non-hydrogen) atoms. The number of halogens is 1. The lowest BCUT2D eigenvalue weighted by Crippen LogP contribution is -2.27. The third-order valence-electron chi connectivity index (χ3n) is 3.56. The average Bonchev–Trinajstić information content (AvgIpc) is 2.97. The third kappa shape index (κ3) is 4.33. The molecule has 2 N–H and O–H groups in total. The molecule has 0 spiro atoms. The van der Waals surface area contributed by atoms with E-state index < -0.39 is 0 Å². The number of rotatable bonds is 7. The molecule has 1 aromatic carbocycles. The number of nitrogens with zero attached hydrogens (tertiary/aromatic N) is 2. The monoisotopic (exact) mass is 334 g/mol. The molecular formula is C17H23ClN4O. The van der Waals surface area contributed by atoms with Crippen LogP contribution in [0.4, 0.5) is 0 Å². The van der Waals surface area contributed by atoms with Gasteiger partial charge in [0, 0.05) is 11.6 Å². The second kappa shape index (κ2) is 8.13. The zero-order valence-corrected chi connectivity index (χ0v) is 14.5. The van der Waals surface area contributed by atoms with Crippen LogP contribution in [-0.4, -0.2) is 35.8 Å². The summed E-state index contributed by atoms with van der Waals surface area (Å²) >= 11 is 5.94. The summed E-state index contributed by atoms with van der Waals surface area (Å²) in [5.41, 5.74) is 2.42. The van der Waals surface area contributed by atoms with Crippen molar-refractivity contribution in [2.45, 2.75) is 26.2 Å². The van der Waals surface area contributed by atoms with Gasteiger partial charge < -0.3 is 10.6 Å². The molecule has 124 valence electrons. The molecule has 0 saturated carbocycles. The summed E-state index contributed by atoms with van der Waals surface area (Å²) < 4.78 is 1.81. The van der Waals surface area contributed by atoms with Crippen molar-refractivity contribution in [3.05, 3.63) is 46.7 Å². The molecule has 0 fully saturated rings. The zero-order valence-electron chi connectivity index (χ0n) is 13.8. The molecule has 0 unspecified atom stereocenters. The molecule has 0 aliphatic heterocycles. The molecule has 2 rings (SSSR count). The van der Waals surface area contributed by atoms with Crippen molar-refractivity contribution in [3.63, 3.8) is 0 Å². The van der Waals surface area contributed by atoms with Crippen LogP contribution in [0, 0.1) is 0 Å². The highest BCUT2D eigenvalue weighted by molar-refractivity contribution is 6.30. The minimum Gasteiger partial charge on any atom is -0.352 e. The van der Waals surface area contributed by atoms with Gasteiger partial charge in [0.1, 0.15) is 0 Å². The van der Waals surface area contributed by atoms with E-state index in [0.29, 0.717) is 17.1 Å². The molecule has 0 radical (unpaired) electrons. The molecule has 5 nitrogen and oxygen atoms in total. The summed E-state index contributed by atoms with van der Waals surface area (Å²) in [7, 11) is 1.90. The average molecular weight is 335 g/mol. The van der Waals surface area contributed by atoms with Crippen molar-refractivity contribution in [3.8, 4) is 5.69 Å². The first kappa shape index (κ1) is 17.5. The standard InChI is InChI=1S/C17H23ClN4O/c1-12(2)16-15(17(23)20-10-4-9-19-3)11-21-22(16)14-7-5-13(18)6-8-14/h5-8,11-12,19H,4,9-10H2,1-3H3,(H,20,23). The number of nitrogens with one attached hydrogen (secondary N) is 2. The van der Waals surface area contributed by atoms with Crippen LogP contribution in [0.1, 0.15) is 42.2 Å². The van der Waals surface area contributed by atoms with Crippen molar-refractivity contribution < 1.29 is 4.79 Å². The predicted molar refractivity (Wildman–Crippen MR) is 93.5 cm³/mol. The molecule has 1 heterocycles. The number of aromatic nitrogens is 2. The quantitative estimate of drug-likeness (QED) is 0.765. The minimum atomic E-state index is -0.0787. The Labute approximate surface area is 142 Å². The van der Waals surface area contributed by atoms with Gasteiger partial charge in [0.2, 0.25) is 0 Å².